The Bertz CT molecular complexity index is 810. The Morgan fingerprint density at radius 1 is 1.12 bits per heavy atom. The van der Waals surface area contributed by atoms with Crippen molar-refractivity contribution in [1.29, 1.82) is 5.26 Å². The van der Waals surface area contributed by atoms with E-state index >= 15 is 0 Å². The summed E-state index contributed by atoms with van der Waals surface area (Å²) in [6.07, 6.45) is 12.4. The number of nitrogens with zero attached hydrogens (tertiary/aromatic N) is 5. The summed E-state index contributed by atoms with van der Waals surface area (Å²) in [6.45, 7) is 0. The van der Waals surface area contributed by atoms with E-state index in [2.05, 4.69) is 36.7 Å². The first-order valence-corrected chi connectivity index (χ1v) is 8.03. The zero-order valence-corrected chi connectivity index (χ0v) is 13.6. The predicted octanol–water partition coefficient (Wildman–Crippen LogP) is 1.54. The summed E-state index contributed by atoms with van der Waals surface area (Å²) in [4.78, 5) is 8.06. The molecule has 0 unspecified atom stereocenters. The number of anilines is 3. The Kier molecular flexibility index (Phi) is 5.03. The molecule has 0 radical (unpaired) electrons. The van der Waals surface area contributed by atoms with Crippen molar-refractivity contribution < 1.29 is 0 Å². The van der Waals surface area contributed by atoms with E-state index in [1.165, 1.54) is 12.4 Å². The van der Waals surface area contributed by atoms with Gasteiger partial charge >= 0.3 is 0 Å². The molecule has 0 aliphatic heterocycles. The number of nitriles is 1. The van der Waals surface area contributed by atoms with Crippen molar-refractivity contribution in [3.63, 3.8) is 0 Å². The molecule has 3 rings (SSSR count). The van der Waals surface area contributed by atoms with Crippen LogP contribution in [0, 0.1) is 23.7 Å². The minimum atomic E-state index is 0.247. The molecule has 2 aromatic rings. The Labute approximate surface area is 145 Å². The first-order chi connectivity index (χ1) is 12.2. The molecular formula is C17H18N8. The van der Waals surface area contributed by atoms with Crippen LogP contribution < -0.4 is 16.4 Å². The minimum absolute atomic E-state index is 0.247. The maximum absolute atomic E-state index is 8.75. The van der Waals surface area contributed by atoms with E-state index in [1.807, 2.05) is 6.07 Å². The van der Waals surface area contributed by atoms with E-state index in [9.17, 15) is 0 Å². The number of rotatable bonds is 4. The first-order valence-electron chi connectivity index (χ1n) is 8.03. The molecule has 2 heterocycles. The maximum Gasteiger partial charge on any atom is 0.158 e. The molecule has 25 heavy (non-hydrogen) atoms. The summed E-state index contributed by atoms with van der Waals surface area (Å²) >= 11 is 0. The fourth-order valence-corrected chi connectivity index (χ4v) is 2.73. The molecule has 0 bridgehead atoms. The average Bonchev–Trinajstić information content (AvgIpc) is 2.64. The van der Waals surface area contributed by atoms with Gasteiger partial charge in [0.25, 0.3) is 0 Å². The minimum Gasteiger partial charge on any atom is -0.380 e. The van der Waals surface area contributed by atoms with Gasteiger partial charge in [-0.3, -0.25) is 0 Å². The lowest BCUT2D eigenvalue weighted by atomic mass is 9.91. The van der Waals surface area contributed by atoms with Gasteiger partial charge < -0.3 is 16.4 Å². The average molecular weight is 334 g/mol. The van der Waals surface area contributed by atoms with Crippen LogP contribution in [0.15, 0.2) is 18.5 Å². The molecule has 0 atom stereocenters. The summed E-state index contributed by atoms with van der Waals surface area (Å²) in [5, 5.41) is 23.3. The summed E-state index contributed by atoms with van der Waals surface area (Å²) < 4.78 is 0. The molecule has 0 spiro atoms. The molecule has 1 aliphatic carbocycles. The van der Waals surface area contributed by atoms with E-state index in [0.717, 1.165) is 31.4 Å². The van der Waals surface area contributed by atoms with Gasteiger partial charge in [-0.15, -0.1) is 16.6 Å². The quantitative estimate of drug-likeness (QED) is 0.719. The molecule has 0 saturated heterocycles. The molecule has 1 fully saturated rings. The van der Waals surface area contributed by atoms with E-state index < -0.39 is 0 Å². The standard InChI is InChI=1S/C17H18N8/c1-2-14-15(22-12-5-3-11(19)4-6-12)7-16(25-24-14)23-17-10-20-13(8-18)9-21-17/h1,7,9-12H,3-6,19H2,(H2,21,22,23,25). The molecule has 2 aromatic heterocycles. The van der Waals surface area contributed by atoms with Gasteiger partial charge in [0.15, 0.2) is 17.2 Å². The van der Waals surface area contributed by atoms with Crippen LogP contribution >= 0.6 is 0 Å². The number of nitrogens with two attached hydrogens (primary N) is 1. The molecule has 8 heteroatoms. The third-order valence-corrected chi connectivity index (χ3v) is 4.08. The van der Waals surface area contributed by atoms with Crippen molar-refractivity contribution in [3.05, 3.63) is 29.8 Å². The van der Waals surface area contributed by atoms with Gasteiger partial charge in [-0.25, -0.2) is 9.97 Å². The highest BCUT2D eigenvalue weighted by molar-refractivity contribution is 5.62. The first kappa shape index (κ1) is 16.6. The second-order valence-corrected chi connectivity index (χ2v) is 5.92. The SMILES string of the molecule is C#Cc1nnc(Nc2cnc(C#N)cn2)cc1NC1CCC(N)CC1. The van der Waals surface area contributed by atoms with Gasteiger partial charge in [0, 0.05) is 18.2 Å². The monoisotopic (exact) mass is 334 g/mol. The van der Waals surface area contributed by atoms with Crippen LogP contribution in [0.5, 0.6) is 0 Å². The zero-order valence-electron chi connectivity index (χ0n) is 13.6. The highest BCUT2D eigenvalue weighted by atomic mass is 15.2. The van der Waals surface area contributed by atoms with Crippen molar-refractivity contribution in [2.75, 3.05) is 10.6 Å². The molecule has 0 amide bonds. The predicted molar refractivity (Wildman–Crippen MR) is 93.9 cm³/mol. The highest BCUT2D eigenvalue weighted by Crippen LogP contribution is 2.24. The lowest BCUT2D eigenvalue weighted by Gasteiger charge is -2.27. The summed E-state index contributed by atoms with van der Waals surface area (Å²) in [6, 6.07) is 4.33. The van der Waals surface area contributed by atoms with Crippen LogP contribution in [0.1, 0.15) is 37.1 Å². The van der Waals surface area contributed by atoms with Gasteiger partial charge in [0.2, 0.25) is 0 Å². The van der Waals surface area contributed by atoms with Crippen molar-refractivity contribution in [3.8, 4) is 18.4 Å². The van der Waals surface area contributed by atoms with Gasteiger partial charge in [0.05, 0.1) is 18.1 Å². The maximum atomic E-state index is 8.75. The number of hydrogen-bond acceptors (Lipinski definition) is 8. The van der Waals surface area contributed by atoms with Gasteiger partial charge in [-0.2, -0.15) is 5.26 Å². The smallest absolute Gasteiger partial charge is 0.158 e. The third-order valence-electron chi connectivity index (χ3n) is 4.08. The normalized spacial score (nSPS) is 19.5. The van der Waals surface area contributed by atoms with E-state index in [1.54, 1.807) is 6.07 Å². The van der Waals surface area contributed by atoms with Crippen molar-refractivity contribution in [1.82, 2.24) is 20.2 Å². The number of nitrogens with one attached hydrogen (secondary N) is 2. The molecule has 0 aromatic carbocycles. The van der Waals surface area contributed by atoms with Crippen LogP contribution in [0.4, 0.5) is 17.3 Å². The van der Waals surface area contributed by atoms with Gasteiger partial charge in [-0.1, -0.05) is 0 Å². The third kappa shape index (κ3) is 4.19. The molecular weight excluding hydrogens is 316 g/mol. The van der Waals surface area contributed by atoms with Crippen molar-refractivity contribution in [2.24, 2.45) is 5.73 Å². The highest BCUT2D eigenvalue weighted by Gasteiger charge is 2.19. The Morgan fingerprint density at radius 2 is 1.92 bits per heavy atom. The van der Waals surface area contributed by atoms with Gasteiger partial charge in [0.1, 0.15) is 11.9 Å². The number of aromatic nitrogens is 4. The fourth-order valence-electron chi connectivity index (χ4n) is 2.73. The molecule has 126 valence electrons. The largest absolute Gasteiger partial charge is 0.380 e. The van der Waals surface area contributed by atoms with Crippen LogP contribution in [0.3, 0.4) is 0 Å². The zero-order chi connectivity index (χ0) is 17.6. The van der Waals surface area contributed by atoms with Crippen LogP contribution in [0.2, 0.25) is 0 Å². The topological polar surface area (TPSA) is 125 Å². The summed E-state index contributed by atoms with van der Waals surface area (Å²) in [5.74, 6) is 3.51. The van der Waals surface area contributed by atoms with Crippen LogP contribution in [0.25, 0.3) is 0 Å². The summed E-state index contributed by atoms with van der Waals surface area (Å²) in [5.41, 5.74) is 7.42. The molecule has 4 N–H and O–H groups in total. The van der Waals surface area contributed by atoms with Crippen LogP contribution in [-0.2, 0) is 0 Å². The molecule has 1 aliphatic rings. The molecule has 8 nitrogen and oxygen atoms in total. The lowest BCUT2D eigenvalue weighted by molar-refractivity contribution is 0.411. The second kappa shape index (κ2) is 7.56. The Balaban J connectivity index is 1.75. The van der Waals surface area contributed by atoms with Gasteiger partial charge in [-0.05, 0) is 31.6 Å². The van der Waals surface area contributed by atoms with E-state index in [0.29, 0.717) is 23.4 Å². The van der Waals surface area contributed by atoms with Crippen molar-refractivity contribution in [2.45, 2.75) is 37.8 Å². The second-order valence-electron chi connectivity index (χ2n) is 5.92. The lowest BCUT2D eigenvalue weighted by Crippen LogP contribution is -2.33. The fraction of sp³-hybridized carbons (Fsp3) is 0.353. The number of hydrogen-bond donors (Lipinski definition) is 3. The van der Waals surface area contributed by atoms with Crippen molar-refractivity contribution >= 4 is 17.3 Å². The van der Waals surface area contributed by atoms with E-state index in [4.69, 9.17) is 17.4 Å². The van der Waals surface area contributed by atoms with Crippen LogP contribution in [-0.4, -0.2) is 32.2 Å². The van der Waals surface area contributed by atoms with E-state index in [-0.39, 0.29) is 11.7 Å². The Morgan fingerprint density at radius 3 is 2.56 bits per heavy atom. The Hall–Kier alpha value is -3.23. The number of terminal acetylenes is 1. The summed E-state index contributed by atoms with van der Waals surface area (Å²) in [7, 11) is 0. The molecule has 1 saturated carbocycles.